The smallest absolute Gasteiger partial charge is 0.312 e. The van der Waals surface area contributed by atoms with E-state index in [4.69, 9.17) is 28.0 Å². The molecule has 4 rings (SSSR count). The van der Waals surface area contributed by atoms with Gasteiger partial charge < -0.3 is 4.84 Å². The van der Waals surface area contributed by atoms with E-state index >= 15 is 0 Å². The van der Waals surface area contributed by atoms with Gasteiger partial charge in [-0.05, 0) is 34.5 Å². The second-order valence-corrected chi connectivity index (χ2v) is 6.41. The van der Waals surface area contributed by atoms with Gasteiger partial charge in [-0.2, -0.15) is 0 Å². The third-order valence-electron chi connectivity index (χ3n) is 4.00. The molecule has 0 amide bonds. The van der Waals surface area contributed by atoms with Crippen LogP contribution in [0.25, 0.3) is 16.8 Å². The lowest BCUT2D eigenvalue weighted by atomic mass is 9.95. The molecule has 1 heterocycles. The summed E-state index contributed by atoms with van der Waals surface area (Å²) in [6.07, 6.45) is 1.68. The van der Waals surface area contributed by atoms with Gasteiger partial charge in [0.2, 0.25) is 0 Å². The van der Waals surface area contributed by atoms with Crippen LogP contribution in [0.3, 0.4) is 0 Å². The molecule has 0 radical (unpaired) electrons. The molecular weight excluding hydrogens is 357 g/mol. The van der Waals surface area contributed by atoms with Gasteiger partial charge in [-0.15, -0.1) is 0 Å². The molecule has 3 aromatic carbocycles. The third-order valence-corrected chi connectivity index (χ3v) is 4.56. The van der Waals surface area contributed by atoms with E-state index in [0.29, 0.717) is 26.9 Å². The Morgan fingerprint density at radius 2 is 1.76 bits per heavy atom. The molecule has 0 bridgehead atoms. The maximum absolute atomic E-state index is 12.2. The van der Waals surface area contributed by atoms with Crippen molar-refractivity contribution >= 4 is 51.7 Å². The molecule has 0 saturated carbocycles. The highest BCUT2D eigenvalue weighted by Gasteiger charge is 2.28. The first-order valence-electron chi connectivity index (χ1n) is 7.58. The first kappa shape index (κ1) is 15.9. The standard InChI is InChI=1S/C20H11Cl2NO2/c21-14-9-8-13(18(22)11-14)10-17-19(23-25-20(17)24)16-7-3-5-12-4-1-2-6-15(12)16/h1-11H/b17-10-. The van der Waals surface area contributed by atoms with Crippen LogP contribution >= 0.6 is 23.2 Å². The topological polar surface area (TPSA) is 38.7 Å². The Labute approximate surface area is 154 Å². The normalized spacial score (nSPS) is 15.5. The summed E-state index contributed by atoms with van der Waals surface area (Å²) in [5.74, 6) is -0.506. The van der Waals surface area contributed by atoms with E-state index in [1.165, 1.54) is 0 Å². The van der Waals surface area contributed by atoms with Crippen molar-refractivity contribution in [2.75, 3.05) is 0 Å². The quantitative estimate of drug-likeness (QED) is 0.443. The molecule has 3 nitrogen and oxygen atoms in total. The molecule has 0 saturated heterocycles. The van der Waals surface area contributed by atoms with E-state index in [1.807, 2.05) is 42.5 Å². The maximum Gasteiger partial charge on any atom is 0.368 e. The second kappa shape index (κ2) is 6.36. The van der Waals surface area contributed by atoms with Crippen molar-refractivity contribution < 1.29 is 9.63 Å². The summed E-state index contributed by atoms with van der Waals surface area (Å²) in [5.41, 5.74) is 2.36. The Morgan fingerprint density at radius 3 is 2.60 bits per heavy atom. The second-order valence-electron chi connectivity index (χ2n) is 5.57. The highest BCUT2D eigenvalue weighted by Crippen LogP contribution is 2.29. The fourth-order valence-electron chi connectivity index (χ4n) is 2.81. The van der Waals surface area contributed by atoms with Gasteiger partial charge in [-0.3, -0.25) is 0 Å². The highest BCUT2D eigenvalue weighted by molar-refractivity contribution is 6.37. The number of oxime groups is 1. The van der Waals surface area contributed by atoms with E-state index in [-0.39, 0.29) is 0 Å². The Balaban J connectivity index is 1.86. The minimum Gasteiger partial charge on any atom is -0.312 e. The Hall–Kier alpha value is -2.62. The van der Waals surface area contributed by atoms with Crippen molar-refractivity contribution in [3.63, 3.8) is 0 Å². The largest absolute Gasteiger partial charge is 0.368 e. The van der Waals surface area contributed by atoms with Gasteiger partial charge in [0.25, 0.3) is 0 Å². The van der Waals surface area contributed by atoms with Gasteiger partial charge in [-0.1, -0.05) is 76.9 Å². The average Bonchev–Trinajstić information content (AvgIpc) is 2.97. The summed E-state index contributed by atoms with van der Waals surface area (Å²) >= 11 is 12.2. The lowest BCUT2D eigenvalue weighted by Crippen LogP contribution is -2.07. The van der Waals surface area contributed by atoms with Crippen molar-refractivity contribution in [1.82, 2.24) is 0 Å². The molecule has 122 valence electrons. The van der Waals surface area contributed by atoms with Crippen LogP contribution in [0.1, 0.15) is 11.1 Å². The van der Waals surface area contributed by atoms with Crippen molar-refractivity contribution in [2.24, 2.45) is 5.16 Å². The first-order chi connectivity index (χ1) is 12.1. The SMILES string of the molecule is O=C1ON=C(c2cccc3ccccc23)/C1=C/c1ccc(Cl)cc1Cl. The zero-order valence-corrected chi connectivity index (χ0v) is 14.4. The van der Waals surface area contributed by atoms with Crippen LogP contribution in [-0.2, 0) is 9.63 Å². The number of rotatable bonds is 2. The van der Waals surface area contributed by atoms with Gasteiger partial charge >= 0.3 is 5.97 Å². The molecular formula is C20H11Cl2NO2. The van der Waals surface area contributed by atoms with E-state index in [0.717, 1.165) is 16.3 Å². The van der Waals surface area contributed by atoms with E-state index < -0.39 is 5.97 Å². The van der Waals surface area contributed by atoms with E-state index in [1.54, 1.807) is 24.3 Å². The zero-order valence-electron chi connectivity index (χ0n) is 12.9. The zero-order chi connectivity index (χ0) is 17.4. The lowest BCUT2D eigenvalue weighted by molar-refractivity contribution is -0.136. The van der Waals surface area contributed by atoms with Crippen LogP contribution in [0.2, 0.25) is 10.0 Å². The molecule has 3 aromatic rings. The Morgan fingerprint density at radius 1 is 0.960 bits per heavy atom. The molecule has 5 heteroatoms. The molecule has 1 aliphatic rings. The van der Waals surface area contributed by atoms with Crippen LogP contribution in [0, 0.1) is 0 Å². The highest BCUT2D eigenvalue weighted by atomic mass is 35.5. The molecule has 0 N–H and O–H groups in total. The summed E-state index contributed by atoms with van der Waals surface area (Å²) in [6, 6.07) is 18.9. The summed E-state index contributed by atoms with van der Waals surface area (Å²) in [7, 11) is 0. The van der Waals surface area contributed by atoms with Gasteiger partial charge in [0, 0.05) is 15.6 Å². The van der Waals surface area contributed by atoms with E-state index in [2.05, 4.69) is 5.16 Å². The van der Waals surface area contributed by atoms with Crippen LogP contribution in [0.4, 0.5) is 0 Å². The number of carbonyl (C=O) groups excluding carboxylic acids is 1. The third kappa shape index (κ3) is 2.93. The van der Waals surface area contributed by atoms with Crippen LogP contribution < -0.4 is 0 Å². The Bertz CT molecular complexity index is 1060. The first-order valence-corrected chi connectivity index (χ1v) is 8.34. The average molecular weight is 368 g/mol. The van der Waals surface area contributed by atoms with Gasteiger partial charge in [0.05, 0.1) is 5.57 Å². The molecule has 0 fully saturated rings. The van der Waals surface area contributed by atoms with Crippen molar-refractivity contribution in [2.45, 2.75) is 0 Å². The number of hydrogen-bond donors (Lipinski definition) is 0. The number of fused-ring (bicyclic) bond motifs is 1. The molecule has 0 aromatic heterocycles. The molecule has 0 aliphatic carbocycles. The molecule has 0 atom stereocenters. The maximum atomic E-state index is 12.2. The van der Waals surface area contributed by atoms with Gasteiger partial charge in [0.15, 0.2) is 0 Å². The van der Waals surface area contributed by atoms with Crippen molar-refractivity contribution in [3.8, 4) is 0 Å². The minimum atomic E-state index is -0.506. The predicted octanol–water partition coefficient (Wildman–Crippen LogP) is 5.49. The summed E-state index contributed by atoms with van der Waals surface area (Å²) in [4.78, 5) is 17.1. The van der Waals surface area contributed by atoms with Crippen LogP contribution in [-0.4, -0.2) is 11.7 Å². The van der Waals surface area contributed by atoms with Crippen molar-refractivity contribution in [1.29, 1.82) is 0 Å². The predicted molar refractivity (Wildman–Crippen MR) is 101 cm³/mol. The van der Waals surface area contributed by atoms with E-state index in [9.17, 15) is 4.79 Å². The lowest BCUT2D eigenvalue weighted by Gasteiger charge is -2.06. The fraction of sp³-hybridized carbons (Fsp3) is 0. The number of benzene rings is 3. The summed E-state index contributed by atoms with van der Waals surface area (Å²) in [6.45, 7) is 0. The number of hydrogen-bond acceptors (Lipinski definition) is 3. The molecule has 1 aliphatic heterocycles. The van der Waals surface area contributed by atoms with Crippen LogP contribution in [0.15, 0.2) is 71.4 Å². The molecule has 0 unspecified atom stereocenters. The monoisotopic (exact) mass is 367 g/mol. The summed E-state index contributed by atoms with van der Waals surface area (Å²) in [5, 5.41) is 7.04. The fourth-order valence-corrected chi connectivity index (χ4v) is 3.27. The van der Waals surface area contributed by atoms with Gasteiger partial charge in [0.1, 0.15) is 5.71 Å². The van der Waals surface area contributed by atoms with Crippen molar-refractivity contribution in [3.05, 3.63) is 87.4 Å². The number of carbonyl (C=O) groups is 1. The molecule has 25 heavy (non-hydrogen) atoms. The number of halogens is 2. The van der Waals surface area contributed by atoms with Gasteiger partial charge in [-0.25, -0.2) is 4.79 Å². The summed E-state index contributed by atoms with van der Waals surface area (Å²) < 4.78 is 0. The minimum absolute atomic E-state index is 0.362. The van der Waals surface area contributed by atoms with Crippen LogP contribution in [0.5, 0.6) is 0 Å². The Kier molecular flexibility index (Phi) is 4.04. The number of nitrogens with zero attached hydrogens (tertiary/aromatic N) is 1. The molecule has 0 spiro atoms.